The molecule has 25 heavy (non-hydrogen) atoms. The first-order chi connectivity index (χ1) is 11.8. The lowest BCUT2D eigenvalue weighted by molar-refractivity contribution is -0.384. The van der Waals surface area contributed by atoms with Crippen molar-refractivity contribution >= 4 is 32.9 Å². The quantitative estimate of drug-likeness (QED) is 0.624. The topological polar surface area (TPSA) is 106 Å². The first kappa shape index (κ1) is 16.3. The number of allylic oxidation sites excluding steroid dienone is 4. The number of nitro benzene ring substituents is 1. The van der Waals surface area contributed by atoms with E-state index in [0.717, 1.165) is 5.70 Å². The number of ketones is 1. The molecule has 0 amide bonds. The van der Waals surface area contributed by atoms with Gasteiger partial charge in [0.25, 0.3) is 5.69 Å². The Morgan fingerprint density at radius 3 is 2.68 bits per heavy atom. The van der Waals surface area contributed by atoms with Gasteiger partial charge in [-0.1, -0.05) is 17.7 Å². The van der Waals surface area contributed by atoms with Crippen LogP contribution in [-0.2, 0) is 14.6 Å². The van der Waals surface area contributed by atoms with Gasteiger partial charge in [0.1, 0.15) is 5.02 Å². The van der Waals surface area contributed by atoms with Crippen LogP contribution in [0.1, 0.15) is 30.7 Å². The van der Waals surface area contributed by atoms with E-state index in [4.69, 9.17) is 11.6 Å². The second kappa shape index (κ2) is 5.40. The number of carbonyl (C=O) groups excluding carboxylic acids is 1. The monoisotopic (exact) mass is 380 g/mol. The molecule has 1 N–H and O–H groups in total. The van der Waals surface area contributed by atoms with E-state index in [1.54, 1.807) is 6.07 Å². The second-order valence-corrected chi connectivity index (χ2v) is 8.74. The number of dihydropyridines is 1. The van der Waals surface area contributed by atoms with E-state index in [0.29, 0.717) is 36.1 Å². The summed E-state index contributed by atoms with van der Waals surface area (Å²) in [4.78, 5) is 23.2. The minimum Gasteiger partial charge on any atom is -0.361 e. The van der Waals surface area contributed by atoms with Crippen molar-refractivity contribution in [3.8, 4) is 0 Å². The molecule has 0 radical (unpaired) electrons. The predicted molar refractivity (Wildman–Crippen MR) is 90.7 cm³/mol. The Balaban J connectivity index is 1.95. The van der Waals surface area contributed by atoms with E-state index in [-0.39, 0.29) is 27.2 Å². The maximum Gasteiger partial charge on any atom is 0.288 e. The molecule has 1 aliphatic carbocycles. The second-order valence-electron chi connectivity index (χ2n) is 6.25. The highest BCUT2D eigenvalue weighted by Crippen LogP contribution is 2.48. The van der Waals surface area contributed by atoms with Crippen molar-refractivity contribution in [1.82, 2.24) is 5.32 Å². The van der Waals surface area contributed by atoms with E-state index in [1.807, 2.05) is 0 Å². The van der Waals surface area contributed by atoms with Crippen molar-refractivity contribution in [2.24, 2.45) is 0 Å². The molecule has 0 saturated carbocycles. The van der Waals surface area contributed by atoms with Crippen LogP contribution in [0.2, 0.25) is 5.02 Å². The lowest BCUT2D eigenvalue weighted by Crippen LogP contribution is -2.26. The molecule has 0 saturated heterocycles. The van der Waals surface area contributed by atoms with Crippen LogP contribution in [0, 0.1) is 10.1 Å². The highest BCUT2D eigenvalue weighted by Gasteiger charge is 2.45. The maximum atomic E-state index is 12.6. The van der Waals surface area contributed by atoms with E-state index in [9.17, 15) is 23.3 Å². The van der Waals surface area contributed by atoms with Gasteiger partial charge in [0.05, 0.1) is 21.5 Å². The third kappa shape index (κ3) is 2.39. The van der Waals surface area contributed by atoms with Crippen molar-refractivity contribution in [3.05, 3.63) is 60.8 Å². The van der Waals surface area contributed by atoms with Gasteiger partial charge in [-0.3, -0.25) is 14.9 Å². The minimum absolute atomic E-state index is 0.0222. The highest BCUT2D eigenvalue weighted by molar-refractivity contribution is 7.95. The fraction of sp³-hybridized carbons (Fsp3) is 0.312. The molecule has 7 nitrogen and oxygen atoms in total. The van der Waals surface area contributed by atoms with Gasteiger partial charge in [-0.25, -0.2) is 8.42 Å². The number of rotatable bonds is 2. The molecule has 2 aliphatic heterocycles. The number of Topliss-reactive ketones (excluding diaryl/α,β-unsaturated/α-hetero) is 1. The average molecular weight is 381 g/mol. The smallest absolute Gasteiger partial charge is 0.288 e. The molecule has 2 heterocycles. The van der Waals surface area contributed by atoms with Crippen LogP contribution in [0.4, 0.5) is 5.69 Å². The van der Waals surface area contributed by atoms with E-state index in [1.165, 1.54) is 12.1 Å². The van der Waals surface area contributed by atoms with Crippen LogP contribution in [0.3, 0.4) is 0 Å². The average Bonchev–Trinajstić information content (AvgIpc) is 3.07. The molecule has 0 spiro atoms. The molecule has 1 atom stereocenters. The van der Waals surface area contributed by atoms with E-state index >= 15 is 0 Å². The predicted octanol–water partition coefficient (Wildman–Crippen LogP) is 2.58. The maximum absolute atomic E-state index is 12.6. The summed E-state index contributed by atoms with van der Waals surface area (Å²) in [7, 11) is -3.52. The number of benzene rings is 1. The largest absolute Gasteiger partial charge is 0.361 e. The number of hydrogen-bond acceptors (Lipinski definition) is 6. The van der Waals surface area contributed by atoms with Gasteiger partial charge in [0, 0.05) is 35.9 Å². The Hall–Kier alpha value is -2.19. The molecule has 4 rings (SSSR count). The van der Waals surface area contributed by atoms with Crippen LogP contribution >= 0.6 is 11.6 Å². The standard InChI is InChI=1S/C16H13ClN2O5S/c17-9-2-1-8(7-12(9)19(21)22)14-15-10(3-4-13(15)20)18-11-5-6-25(23,24)16(11)14/h1-2,7,14,18H,3-6H2. The van der Waals surface area contributed by atoms with Crippen molar-refractivity contribution in [3.63, 3.8) is 0 Å². The third-order valence-electron chi connectivity index (χ3n) is 4.83. The van der Waals surface area contributed by atoms with Crippen LogP contribution in [-0.4, -0.2) is 24.9 Å². The Morgan fingerprint density at radius 2 is 1.96 bits per heavy atom. The summed E-state index contributed by atoms with van der Waals surface area (Å²) in [6.45, 7) is 0. The molecule has 9 heteroatoms. The number of sulfone groups is 1. The summed E-state index contributed by atoms with van der Waals surface area (Å²) in [5, 5.41) is 14.3. The molecule has 1 aromatic carbocycles. The van der Waals surface area contributed by atoms with Crippen molar-refractivity contribution in [2.75, 3.05) is 5.75 Å². The third-order valence-corrected chi connectivity index (χ3v) is 7.05. The lowest BCUT2D eigenvalue weighted by Gasteiger charge is -2.27. The van der Waals surface area contributed by atoms with Crippen molar-refractivity contribution in [1.29, 1.82) is 0 Å². The molecule has 0 bridgehead atoms. The number of carbonyl (C=O) groups is 1. The summed E-state index contributed by atoms with van der Waals surface area (Å²) in [5.74, 6) is -0.950. The Kier molecular flexibility index (Phi) is 3.52. The Morgan fingerprint density at radius 1 is 1.20 bits per heavy atom. The molecule has 130 valence electrons. The summed E-state index contributed by atoms with van der Waals surface area (Å²) in [6, 6.07) is 4.20. The normalized spacial score (nSPS) is 24.2. The zero-order chi connectivity index (χ0) is 17.9. The number of nitrogens with zero attached hydrogens (tertiary/aromatic N) is 1. The highest BCUT2D eigenvalue weighted by atomic mass is 35.5. The van der Waals surface area contributed by atoms with Gasteiger partial charge in [-0.2, -0.15) is 0 Å². The fourth-order valence-corrected chi connectivity index (χ4v) is 5.78. The van der Waals surface area contributed by atoms with Gasteiger partial charge in [-0.15, -0.1) is 0 Å². The van der Waals surface area contributed by atoms with Gasteiger partial charge in [-0.05, 0) is 18.1 Å². The molecular formula is C16H13ClN2O5S. The number of halogens is 1. The van der Waals surface area contributed by atoms with Gasteiger partial charge in [0.15, 0.2) is 15.6 Å². The van der Waals surface area contributed by atoms with Gasteiger partial charge < -0.3 is 5.32 Å². The number of hydrogen-bond donors (Lipinski definition) is 1. The molecule has 0 aromatic heterocycles. The first-order valence-electron chi connectivity index (χ1n) is 7.72. The molecule has 0 fully saturated rings. The van der Waals surface area contributed by atoms with E-state index in [2.05, 4.69) is 5.32 Å². The summed E-state index contributed by atoms with van der Waals surface area (Å²) in [6.07, 6.45) is 1.19. The zero-order valence-electron chi connectivity index (χ0n) is 12.9. The zero-order valence-corrected chi connectivity index (χ0v) is 14.5. The lowest BCUT2D eigenvalue weighted by atomic mass is 9.86. The Bertz CT molecular complexity index is 1010. The number of nitrogens with one attached hydrogen (secondary N) is 1. The van der Waals surface area contributed by atoms with Crippen LogP contribution in [0.5, 0.6) is 0 Å². The van der Waals surface area contributed by atoms with Crippen LogP contribution in [0.25, 0.3) is 0 Å². The fourth-order valence-electron chi connectivity index (χ4n) is 3.76. The van der Waals surface area contributed by atoms with Gasteiger partial charge >= 0.3 is 0 Å². The van der Waals surface area contributed by atoms with E-state index < -0.39 is 20.7 Å². The summed E-state index contributed by atoms with van der Waals surface area (Å²) >= 11 is 5.87. The molecule has 1 aromatic rings. The van der Waals surface area contributed by atoms with Crippen LogP contribution < -0.4 is 5.32 Å². The molecular weight excluding hydrogens is 368 g/mol. The van der Waals surface area contributed by atoms with Gasteiger partial charge in [0.2, 0.25) is 0 Å². The van der Waals surface area contributed by atoms with Crippen molar-refractivity contribution in [2.45, 2.75) is 25.2 Å². The van der Waals surface area contributed by atoms with Crippen LogP contribution in [0.15, 0.2) is 40.1 Å². The SMILES string of the molecule is O=C1CCC2=C1C(c1ccc(Cl)c([N+](=O)[O-])c1)C1=C(CCS1(=O)=O)N2. The Labute approximate surface area is 148 Å². The first-order valence-corrected chi connectivity index (χ1v) is 9.75. The molecule has 1 unspecified atom stereocenters. The van der Waals surface area contributed by atoms with Crippen molar-refractivity contribution < 1.29 is 18.1 Å². The minimum atomic E-state index is -3.52. The number of nitro groups is 1. The summed E-state index contributed by atoms with van der Waals surface area (Å²) in [5.41, 5.74) is 1.82. The summed E-state index contributed by atoms with van der Waals surface area (Å²) < 4.78 is 25.1. The molecule has 3 aliphatic rings.